The van der Waals surface area contributed by atoms with Crippen molar-refractivity contribution in [3.8, 4) is 0 Å². The van der Waals surface area contributed by atoms with Crippen LogP contribution in [0.4, 0.5) is 13.2 Å². The number of aliphatic carboxylic acids is 1. The summed E-state index contributed by atoms with van der Waals surface area (Å²) < 4.78 is 42.9. The predicted molar refractivity (Wildman–Crippen MR) is 95.8 cm³/mol. The number of fused-ring (bicyclic) bond motifs is 1. The van der Waals surface area contributed by atoms with Crippen molar-refractivity contribution in [2.45, 2.75) is 38.1 Å². The van der Waals surface area contributed by atoms with Crippen LogP contribution in [0.2, 0.25) is 0 Å². The smallest absolute Gasteiger partial charge is 0.475 e. The second-order valence-electron chi connectivity index (χ2n) is 7.10. The minimum absolute atomic E-state index is 0.0999. The van der Waals surface area contributed by atoms with Crippen molar-refractivity contribution in [1.29, 1.82) is 0 Å². The van der Waals surface area contributed by atoms with Gasteiger partial charge in [0.1, 0.15) is 6.61 Å². The Balaban J connectivity index is 0.000000370. The highest BCUT2D eigenvalue weighted by Gasteiger charge is 2.42. The lowest BCUT2D eigenvalue weighted by Gasteiger charge is -2.32. The molecule has 1 aromatic heterocycles. The molecule has 7 nitrogen and oxygen atoms in total. The number of carboxylic acid groups (broad SMARTS) is 1. The van der Waals surface area contributed by atoms with Crippen LogP contribution < -0.4 is 0 Å². The van der Waals surface area contributed by atoms with Crippen molar-refractivity contribution in [2.75, 3.05) is 26.8 Å². The van der Waals surface area contributed by atoms with Gasteiger partial charge in [-0.3, -0.25) is 9.78 Å². The molecule has 1 amide bonds. The number of nitrogens with zero attached hydrogens (tertiary/aromatic N) is 2. The number of hydrogen-bond donors (Lipinski definition) is 1. The summed E-state index contributed by atoms with van der Waals surface area (Å²) in [5.74, 6) is -1.62. The zero-order valence-corrected chi connectivity index (χ0v) is 16.1. The van der Waals surface area contributed by atoms with Gasteiger partial charge in [0, 0.05) is 38.5 Å². The Morgan fingerprint density at radius 3 is 2.62 bits per heavy atom. The number of ether oxygens (including phenoxy) is 2. The highest BCUT2D eigenvalue weighted by molar-refractivity contribution is 5.77. The van der Waals surface area contributed by atoms with Gasteiger partial charge in [-0.25, -0.2) is 4.79 Å². The average Bonchev–Trinajstić information content (AvgIpc) is 3.12. The fourth-order valence-corrected chi connectivity index (χ4v) is 3.73. The molecule has 10 heteroatoms. The molecule has 0 bridgehead atoms. The Hall–Kier alpha value is -2.20. The fourth-order valence-electron chi connectivity index (χ4n) is 3.73. The highest BCUT2D eigenvalue weighted by Crippen LogP contribution is 2.38. The van der Waals surface area contributed by atoms with Gasteiger partial charge in [0.15, 0.2) is 0 Å². The van der Waals surface area contributed by atoms with Crippen molar-refractivity contribution in [3.63, 3.8) is 0 Å². The minimum Gasteiger partial charge on any atom is -0.475 e. The molecule has 3 rings (SSSR count). The zero-order valence-electron chi connectivity index (χ0n) is 16.1. The molecule has 3 atom stereocenters. The van der Waals surface area contributed by atoms with Gasteiger partial charge in [0.25, 0.3) is 0 Å². The quantitative estimate of drug-likeness (QED) is 0.791. The van der Waals surface area contributed by atoms with Gasteiger partial charge in [0.05, 0.1) is 12.7 Å². The maximum Gasteiger partial charge on any atom is 0.490 e. The lowest BCUT2D eigenvalue weighted by atomic mass is 9.79. The molecule has 2 fully saturated rings. The maximum absolute atomic E-state index is 12.0. The lowest BCUT2D eigenvalue weighted by Crippen LogP contribution is -2.35. The van der Waals surface area contributed by atoms with Crippen molar-refractivity contribution in [2.24, 2.45) is 11.8 Å². The summed E-state index contributed by atoms with van der Waals surface area (Å²) in [6.45, 7) is 2.46. The van der Waals surface area contributed by atoms with Gasteiger partial charge in [-0.2, -0.15) is 13.2 Å². The molecule has 1 aliphatic carbocycles. The first-order valence-electron chi connectivity index (χ1n) is 9.29. The molecule has 1 unspecified atom stereocenters. The zero-order chi connectivity index (χ0) is 21.4. The first-order valence-corrected chi connectivity index (χ1v) is 9.29. The van der Waals surface area contributed by atoms with Gasteiger partial charge >= 0.3 is 12.1 Å². The number of amides is 1. The Bertz CT molecular complexity index is 672. The number of carbonyl (C=O) groups excluding carboxylic acids is 1. The van der Waals surface area contributed by atoms with Gasteiger partial charge in [-0.05, 0) is 30.4 Å². The number of halogens is 3. The van der Waals surface area contributed by atoms with E-state index in [0.717, 1.165) is 25.1 Å². The molecule has 0 aromatic carbocycles. The third kappa shape index (κ3) is 6.97. The number of carboxylic acids is 1. The largest absolute Gasteiger partial charge is 0.490 e. The highest BCUT2D eigenvalue weighted by atomic mass is 19.4. The standard InChI is InChI=1S/C17H24N2O3.C2HF3O2/c1-21-12-17(20)19-9-14-5-2-6-16(15(14)10-19)22-11-13-4-3-7-18-8-13;3-2(4,5)1(6)7/h3-4,7-8,14-16H,2,5-6,9-12H2,1H3;(H,6,7)/t14-,15+,16?;/m1./s1. The maximum atomic E-state index is 12.0. The van der Waals surface area contributed by atoms with Crippen molar-refractivity contribution in [1.82, 2.24) is 9.88 Å². The van der Waals surface area contributed by atoms with Crippen LogP contribution in [0.25, 0.3) is 0 Å². The molecule has 1 aromatic rings. The Morgan fingerprint density at radius 1 is 1.31 bits per heavy atom. The number of likely N-dealkylation sites (tertiary alicyclic amines) is 1. The van der Waals surface area contributed by atoms with Crippen molar-refractivity contribution < 1.29 is 37.3 Å². The molecular formula is C19H25F3N2O5. The molecule has 1 N–H and O–H groups in total. The third-order valence-corrected chi connectivity index (χ3v) is 5.08. The van der Waals surface area contributed by atoms with Gasteiger partial charge < -0.3 is 19.5 Å². The van der Waals surface area contributed by atoms with E-state index in [-0.39, 0.29) is 18.6 Å². The van der Waals surface area contributed by atoms with Crippen LogP contribution in [0, 0.1) is 11.8 Å². The summed E-state index contributed by atoms with van der Waals surface area (Å²) in [6.07, 6.45) is 2.27. The third-order valence-electron chi connectivity index (χ3n) is 5.08. The van der Waals surface area contributed by atoms with E-state index >= 15 is 0 Å². The van der Waals surface area contributed by atoms with E-state index in [0.29, 0.717) is 18.4 Å². The lowest BCUT2D eigenvalue weighted by molar-refractivity contribution is -0.192. The molecular weight excluding hydrogens is 393 g/mol. The number of rotatable bonds is 5. The normalized spacial score (nSPS) is 23.7. The summed E-state index contributed by atoms with van der Waals surface area (Å²) in [6, 6.07) is 3.97. The number of hydrogen-bond acceptors (Lipinski definition) is 5. The molecule has 162 valence electrons. The van der Waals surface area contributed by atoms with Gasteiger partial charge in [0.2, 0.25) is 5.91 Å². The molecule has 29 heavy (non-hydrogen) atoms. The number of aromatic nitrogens is 1. The summed E-state index contributed by atoms with van der Waals surface area (Å²) in [4.78, 5) is 27.0. The molecule has 0 spiro atoms. The summed E-state index contributed by atoms with van der Waals surface area (Å²) in [5.41, 5.74) is 1.11. The van der Waals surface area contributed by atoms with Crippen molar-refractivity contribution >= 4 is 11.9 Å². The predicted octanol–water partition coefficient (Wildman–Crippen LogP) is 2.50. The Kier molecular flexibility index (Phi) is 8.39. The second kappa shape index (κ2) is 10.5. The molecule has 1 saturated carbocycles. The van der Waals surface area contributed by atoms with E-state index in [4.69, 9.17) is 19.4 Å². The second-order valence-corrected chi connectivity index (χ2v) is 7.10. The SMILES string of the molecule is COCC(=O)N1C[C@H]2CCCC(OCc3cccnc3)[C@H]2C1.O=C(O)C(F)(F)F. The first-order chi connectivity index (χ1) is 13.7. The average molecular weight is 418 g/mol. The van der Waals surface area contributed by atoms with Crippen LogP contribution in [-0.4, -0.2) is 66.0 Å². The Labute approximate surface area is 166 Å². The van der Waals surface area contributed by atoms with Crippen molar-refractivity contribution in [3.05, 3.63) is 30.1 Å². The van der Waals surface area contributed by atoms with Crippen LogP contribution in [0.15, 0.2) is 24.5 Å². The summed E-state index contributed by atoms with van der Waals surface area (Å²) in [5, 5.41) is 7.12. The van der Waals surface area contributed by atoms with Gasteiger partial charge in [-0.15, -0.1) is 0 Å². The Morgan fingerprint density at radius 2 is 2.03 bits per heavy atom. The van der Waals surface area contributed by atoms with E-state index in [2.05, 4.69) is 4.98 Å². The number of pyridine rings is 1. The first kappa shape index (κ1) is 23.1. The minimum atomic E-state index is -5.08. The van der Waals surface area contributed by atoms with Crippen LogP contribution in [-0.2, 0) is 25.7 Å². The summed E-state index contributed by atoms with van der Waals surface area (Å²) in [7, 11) is 1.57. The number of methoxy groups -OCH3 is 1. The molecule has 0 radical (unpaired) electrons. The van der Waals surface area contributed by atoms with Gasteiger partial charge in [-0.1, -0.05) is 12.5 Å². The van der Waals surface area contributed by atoms with E-state index < -0.39 is 12.1 Å². The molecule has 1 aliphatic heterocycles. The van der Waals surface area contributed by atoms with Crippen LogP contribution in [0.1, 0.15) is 24.8 Å². The topological polar surface area (TPSA) is 89.0 Å². The van der Waals surface area contributed by atoms with E-state index in [1.165, 1.54) is 12.8 Å². The summed E-state index contributed by atoms with van der Waals surface area (Å²) >= 11 is 0. The van der Waals surface area contributed by atoms with E-state index in [9.17, 15) is 18.0 Å². The molecule has 2 aliphatic rings. The fraction of sp³-hybridized carbons (Fsp3) is 0.632. The van der Waals surface area contributed by atoms with Crippen LogP contribution in [0.3, 0.4) is 0 Å². The monoisotopic (exact) mass is 418 g/mol. The molecule has 2 heterocycles. The molecule has 1 saturated heterocycles. The van der Waals surface area contributed by atoms with Crippen LogP contribution in [0.5, 0.6) is 0 Å². The van der Waals surface area contributed by atoms with E-state index in [1.54, 1.807) is 13.3 Å². The number of alkyl halides is 3. The number of carbonyl (C=O) groups is 2. The van der Waals surface area contributed by atoms with Crippen LogP contribution >= 0.6 is 0 Å². The van der Waals surface area contributed by atoms with E-state index in [1.807, 2.05) is 23.2 Å².